The predicted molar refractivity (Wildman–Crippen MR) is 117 cm³/mol. The van der Waals surface area contributed by atoms with E-state index < -0.39 is 11.2 Å². The first-order valence-corrected chi connectivity index (χ1v) is 9.63. The Bertz CT molecular complexity index is 1430. The van der Waals surface area contributed by atoms with Gasteiger partial charge in [-0.15, -0.1) is 0 Å². The summed E-state index contributed by atoms with van der Waals surface area (Å²) in [4.78, 5) is 29.8. The van der Waals surface area contributed by atoms with Crippen LogP contribution in [-0.2, 0) is 20.6 Å². The molecular weight excluding hydrogens is 422 g/mol. The van der Waals surface area contributed by atoms with Gasteiger partial charge in [0.25, 0.3) is 5.56 Å². The Labute approximate surface area is 181 Å². The van der Waals surface area contributed by atoms with Gasteiger partial charge in [-0.05, 0) is 29.3 Å². The van der Waals surface area contributed by atoms with Gasteiger partial charge in [0.15, 0.2) is 11.2 Å². The van der Waals surface area contributed by atoms with Crippen molar-refractivity contribution in [1.29, 1.82) is 0 Å². The Kier molecular flexibility index (Phi) is 5.35. The lowest BCUT2D eigenvalue weighted by atomic mass is 10.2. The highest BCUT2D eigenvalue weighted by Gasteiger charge is 2.21. The Hall–Kier alpha value is -3.85. The summed E-state index contributed by atoms with van der Waals surface area (Å²) in [5.41, 5.74) is 0.791. The molecule has 0 radical (unpaired) electrons. The zero-order valence-electron chi connectivity index (χ0n) is 16.7. The van der Waals surface area contributed by atoms with Crippen LogP contribution >= 0.6 is 11.6 Å². The van der Waals surface area contributed by atoms with E-state index in [1.165, 1.54) is 17.8 Å². The number of nitrogens with zero attached hydrogens (tertiary/aromatic N) is 5. The summed E-state index contributed by atoms with van der Waals surface area (Å²) in [6.45, 7) is 0.205. The van der Waals surface area contributed by atoms with Crippen molar-refractivity contribution in [2.24, 2.45) is 19.3 Å². The van der Waals surface area contributed by atoms with Crippen LogP contribution < -0.4 is 16.0 Å². The lowest BCUT2D eigenvalue weighted by Crippen LogP contribution is -2.37. The lowest BCUT2D eigenvalue weighted by Gasteiger charge is -2.11. The number of imidazole rings is 1. The summed E-state index contributed by atoms with van der Waals surface area (Å²) >= 11 is 6.34. The fraction of sp³-hybridized carbons (Fsp3) is 0.143. The van der Waals surface area contributed by atoms with Gasteiger partial charge < -0.3 is 9.94 Å². The topological polar surface area (TPSA) is 104 Å². The highest BCUT2D eigenvalue weighted by Crippen LogP contribution is 2.27. The van der Waals surface area contributed by atoms with Gasteiger partial charge in [0.05, 0.1) is 12.8 Å². The number of halogens is 1. The SMILES string of the molecule is Cn1c(=O)c2c(nc(Oc3cccc(C=NO)c3)n2Cc2ccccc2Cl)n(C)c1=O. The first kappa shape index (κ1) is 20.4. The molecule has 2 heterocycles. The number of fused-ring (bicyclic) bond motifs is 1. The Morgan fingerprint density at radius 2 is 1.90 bits per heavy atom. The highest BCUT2D eigenvalue weighted by molar-refractivity contribution is 6.31. The van der Waals surface area contributed by atoms with Crippen LogP contribution in [-0.4, -0.2) is 30.1 Å². The van der Waals surface area contributed by atoms with Crippen LogP contribution in [0.3, 0.4) is 0 Å². The second-order valence-corrected chi connectivity index (χ2v) is 7.28. The van der Waals surface area contributed by atoms with Gasteiger partial charge in [-0.1, -0.05) is 47.1 Å². The number of ether oxygens (including phenoxy) is 1. The van der Waals surface area contributed by atoms with E-state index in [2.05, 4.69) is 10.1 Å². The zero-order chi connectivity index (χ0) is 22.1. The van der Waals surface area contributed by atoms with Crippen LogP contribution in [0.5, 0.6) is 11.8 Å². The number of aromatic nitrogens is 4. The first-order valence-electron chi connectivity index (χ1n) is 9.25. The van der Waals surface area contributed by atoms with Crippen LogP contribution in [0.2, 0.25) is 5.02 Å². The number of oxime groups is 1. The van der Waals surface area contributed by atoms with Gasteiger partial charge in [0, 0.05) is 19.1 Å². The largest absolute Gasteiger partial charge is 0.425 e. The van der Waals surface area contributed by atoms with E-state index in [0.29, 0.717) is 16.3 Å². The minimum absolute atomic E-state index is 0.117. The molecule has 2 aromatic heterocycles. The van der Waals surface area contributed by atoms with E-state index in [4.69, 9.17) is 21.5 Å². The molecule has 0 saturated carbocycles. The monoisotopic (exact) mass is 439 g/mol. The molecule has 0 aliphatic rings. The molecule has 1 N–H and O–H groups in total. The van der Waals surface area contributed by atoms with Crippen LogP contribution in [0.1, 0.15) is 11.1 Å². The maximum atomic E-state index is 13.0. The third-order valence-electron chi connectivity index (χ3n) is 4.87. The molecule has 0 bridgehead atoms. The molecule has 31 heavy (non-hydrogen) atoms. The van der Waals surface area contributed by atoms with Gasteiger partial charge in [0.2, 0.25) is 0 Å². The molecule has 158 valence electrons. The molecule has 0 aliphatic heterocycles. The second-order valence-electron chi connectivity index (χ2n) is 6.87. The summed E-state index contributed by atoms with van der Waals surface area (Å²) in [6, 6.07) is 14.2. The molecule has 10 heteroatoms. The van der Waals surface area contributed by atoms with Crippen LogP contribution in [0.15, 0.2) is 63.3 Å². The maximum absolute atomic E-state index is 13.0. The molecule has 0 aliphatic carbocycles. The van der Waals surface area contributed by atoms with Crippen LogP contribution in [0.4, 0.5) is 0 Å². The maximum Gasteiger partial charge on any atom is 0.332 e. The van der Waals surface area contributed by atoms with Gasteiger partial charge in [-0.3, -0.25) is 18.5 Å². The fourth-order valence-electron chi connectivity index (χ4n) is 3.28. The first-order chi connectivity index (χ1) is 14.9. The van der Waals surface area contributed by atoms with Gasteiger partial charge in [-0.2, -0.15) is 4.98 Å². The van der Waals surface area contributed by atoms with E-state index in [1.807, 2.05) is 18.2 Å². The highest BCUT2D eigenvalue weighted by atomic mass is 35.5. The van der Waals surface area contributed by atoms with E-state index in [1.54, 1.807) is 41.9 Å². The van der Waals surface area contributed by atoms with Crippen LogP contribution in [0.25, 0.3) is 11.2 Å². The van der Waals surface area contributed by atoms with Crippen molar-refractivity contribution < 1.29 is 9.94 Å². The second kappa shape index (κ2) is 8.11. The van der Waals surface area contributed by atoms with Gasteiger partial charge >= 0.3 is 11.7 Å². The standard InChI is InChI=1S/C21H18ClN5O4/c1-25-18-17(19(28)26(2)21(25)29)27(12-14-7-3-4-9-16(14)22)20(24-18)31-15-8-5-6-13(10-15)11-23-30/h3-11,30H,12H2,1-2H3. The number of rotatable bonds is 5. The van der Waals surface area contributed by atoms with Crippen molar-refractivity contribution in [1.82, 2.24) is 18.7 Å². The summed E-state index contributed by atoms with van der Waals surface area (Å²) in [5.74, 6) is 0.412. The Balaban J connectivity index is 1.94. The molecule has 4 rings (SSSR count). The number of hydrogen-bond acceptors (Lipinski definition) is 6. The van der Waals surface area contributed by atoms with Crippen molar-refractivity contribution in [2.45, 2.75) is 6.54 Å². The molecule has 9 nitrogen and oxygen atoms in total. The molecule has 0 spiro atoms. The van der Waals surface area contributed by atoms with Crippen molar-refractivity contribution in [3.8, 4) is 11.8 Å². The average molecular weight is 440 g/mol. The van der Waals surface area contributed by atoms with E-state index in [-0.39, 0.29) is 23.7 Å². The predicted octanol–water partition coefficient (Wildman–Crippen LogP) is 2.74. The normalized spacial score (nSPS) is 11.5. The Morgan fingerprint density at radius 1 is 1.13 bits per heavy atom. The van der Waals surface area contributed by atoms with E-state index >= 15 is 0 Å². The number of hydrogen-bond donors (Lipinski definition) is 1. The van der Waals surface area contributed by atoms with E-state index in [0.717, 1.165) is 10.1 Å². The molecule has 0 atom stereocenters. The molecule has 2 aromatic carbocycles. The Morgan fingerprint density at radius 3 is 2.65 bits per heavy atom. The lowest BCUT2D eigenvalue weighted by molar-refractivity contribution is 0.322. The quantitative estimate of drug-likeness (QED) is 0.292. The summed E-state index contributed by atoms with van der Waals surface area (Å²) in [7, 11) is 2.95. The molecule has 4 aromatic rings. The smallest absolute Gasteiger partial charge is 0.332 e. The van der Waals surface area contributed by atoms with Gasteiger partial charge in [0.1, 0.15) is 5.75 Å². The molecule has 0 unspecified atom stereocenters. The zero-order valence-corrected chi connectivity index (χ0v) is 17.4. The van der Waals surface area contributed by atoms with Crippen LogP contribution in [0, 0.1) is 0 Å². The minimum atomic E-state index is -0.493. The van der Waals surface area contributed by atoms with Crippen molar-refractivity contribution in [2.75, 3.05) is 0 Å². The van der Waals surface area contributed by atoms with Gasteiger partial charge in [-0.25, -0.2) is 4.79 Å². The molecular formula is C21H18ClN5O4. The molecule has 0 fully saturated rings. The molecule has 0 amide bonds. The average Bonchev–Trinajstić information content (AvgIpc) is 3.11. The third kappa shape index (κ3) is 3.71. The summed E-state index contributed by atoms with van der Waals surface area (Å²) in [6.07, 6.45) is 1.26. The fourth-order valence-corrected chi connectivity index (χ4v) is 3.47. The summed E-state index contributed by atoms with van der Waals surface area (Å²) < 4.78 is 9.89. The summed E-state index contributed by atoms with van der Waals surface area (Å²) in [5, 5.41) is 12.3. The van der Waals surface area contributed by atoms with E-state index in [9.17, 15) is 9.59 Å². The molecule has 0 saturated heterocycles. The minimum Gasteiger partial charge on any atom is -0.425 e. The number of aryl methyl sites for hydroxylation is 1. The van der Waals surface area contributed by atoms with Crippen molar-refractivity contribution in [3.05, 3.63) is 85.5 Å². The van der Waals surface area contributed by atoms with Crippen molar-refractivity contribution in [3.63, 3.8) is 0 Å². The van der Waals surface area contributed by atoms with Crippen molar-refractivity contribution >= 4 is 29.0 Å². The third-order valence-corrected chi connectivity index (χ3v) is 5.24. The number of benzene rings is 2.